The quantitative estimate of drug-likeness (QED) is 0.331. The number of hydrogen-bond donors (Lipinski definition) is 2. The number of rotatable bonds is 12. The number of aromatic nitrogens is 1. The van der Waals surface area contributed by atoms with Gasteiger partial charge in [0, 0.05) is 40.1 Å². The number of hydrogen-bond acceptors (Lipinski definition) is 5. The van der Waals surface area contributed by atoms with Crippen LogP contribution in [0, 0.1) is 0 Å². The number of methoxy groups -OCH3 is 1. The van der Waals surface area contributed by atoms with Gasteiger partial charge in [-0.05, 0) is 36.2 Å². The summed E-state index contributed by atoms with van der Waals surface area (Å²) in [5.41, 5.74) is 2.02. The summed E-state index contributed by atoms with van der Waals surface area (Å²) in [6, 6.07) is 13.8. The molecule has 1 heterocycles. The number of nitrogens with zero attached hydrogens (tertiary/aromatic N) is 2. The van der Waals surface area contributed by atoms with Crippen LogP contribution in [0.1, 0.15) is 17.7 Å². The van der Waals surface area contributed by atoms with Crippen LogP contribution in [-0.2, 0) is 22.6 Å². The van der Waals surface area contributed by atoms with Crippen LogP contribution < -0.4 is 15.4 Å². The number of pyridine rings is 1. The molecule has 0 fully saturated rings. The fourth-order valence-electron chi connectivity index (χ4n) is 2.42. The van der Waals surface area contributed by atoms with Crippen molar-refractivity contribution in [3.05, 3.63) is 59.9 Å². The van der Waals surface area contributed by atoms with Crippen LogP contribution in [-0.4, -0.2) is 51.5 Å². The molecule has 0 saturated carbocycles. The van der Waals surface area contributed by atoms with Crippen LogP contribution in [0.15, 0.2) is 53.7 Å². The number of ether oxygens (including phenoxy) is 3. The van der Waals surface area contributed by atoms with Gasteiger partial charge in [0.1, 0.15) is 12.4 Å². The van der Waals surface area contributed by atoms with Crippen LogP contribution >= 0.6 is 0 Å². The first-order valence-corrected chi connectivity index (χ1v) is 9.44. The highest BCUT2D eigenvalue weighted by Gasteiger charge is 2.01. The Morgan fingerprint density at radius 2 is 2.00 bits per heavy atom. The monoisotopic (exact) mass is 386 g/mol. The van der Waals surface area contributed by atoms with Gasteiger partial charge < -0.3 is 24.8 Å². The van der Waals surface area contributed by atoms with E-state index in [-0.39, 0.29) is 0 Å². The molecule has 0 saturated heterocycles. The second kappa shape index (κ2) is 13.5. The maximum absolute atomic E-state index is 5.83. The zero-order valence-electron chi connectivity index (χ0n) is 16.7. The van der Waals surface area contributed by atoms with E-state index in [1.54, 1.807) is 20.4 Å². The van der Waals surface area contributed by atoms with Gasteiger partial charge in [0.25, 0.3) is 0 Å². The van der Waals surface area contributed by atoms with Crippen molar-refractivity contribution in [2.24, 2.45) is 4.99 Å². The second-order valence-corrected chi connectivity index (χ2v) is 6.07. The smallest absolute Gasteiger partial charge is 0.191 e. The van der Waals surface area contributed by atoms with Crippen molar-refractivity contribution in [1.29, 1.82) is 0 Å². The Labute approximate surface area is 167 Å². The van der Waals surface area contributed by atoms with E-state index in [9.17, 15) is 0 Å². The molecule has 7 heteroatoms. The highest BCUT2D eigenvalue weighted by molar-refractivity contribution is 5.79. The molecule has 0 aliphatic heterocycles. The van der Waals surface area contributed by atoms with Crippen molar-refractivity contribution < 1.29 is 14.2 Å². The molecular formula is C21H30N4O3. The topological polar surface area (TPSA) is 77.0 Å². The third-order valence-corrected chi connectivity index (χ3v) is 3.88. The van der Waals surface area contributed by atoms with Crippen molar-refractivity contribution in [1.82, 2.24) is 15.6 Å². The molecule has 0 unspecified atom stereocenters. The number of benzene rings is 1. The third kappa shape index (κ3) is 8.83. The zero-order valence-corrected chi connectivity index (χ0v) is 16.7. The zero-order chi connectivity index (χ0) is 19.9. The molecule has 2 rings (SSSR count). The predicted octanol–water partition coefficient (Wildman–Crippen LogP) is 2.38. The molecule has 28 heavy (non-hydrogen) atoms. The van der Waals surface area contributed by atoms with Crippen molar-refractivity contribution in [2.75, 3.05) is 40.5 Å². The summed E-state index contributed by atoms with van der Waals surface area (Å²) in [7, 11) is 3.43. The van der Waals surface area contributed by atoms with Crippen LogP contribution in [0.25, 0.3) is 0 Å². The van der Waals surface area contributed by atoms with Gasteiger partial charge in [0.15, 0.2) is 5.96 Å². The third-order valence-electron chi connectivity index (χ3n) is 3.88. The lowest BCUT2D eigenvalue weighted by molar-refractivity contribution is 0.0698. The van der Waals surface area contributed by atoms with Crippen molar-refractivity contribution in [3.8, 4) is 5.75 Å². The van der Waals surface area contributed by atoms with Gasteiger partial charge in [-0.25, -0.2) is 0 Å². The minimum absolute atomic E-state index is 0.452. The Morgan fingerprint density at radius 3 is 2.79 bits per heavy atom. The van der Waals surface area contributed by atoms with Gasteiger partial charge in [0.2, 0.25) is 0 Å². The summed E-state index contributed by atoms with van der Waals surface area (Å²) in [6.45, 7) is 3.85. The van der Waals surface area contributed by atoms with Crippen molar-refractivity contribution >= 4 is 5.96 Å². The summed E-state index contributed by atoms with van der Waals surface area (Å²) in [5, 5.41) is 6.59. The van der Waals surface area contributed by atoms with Gasteiger partial charge in [-0.15, -0.1) is 0 Å². The van der Waals surface area contributed by atoms with E-state index in [4.69, 9.17) is 14.2 Å². The van der Waals surface area contributed by atoms with Gasteiger partial charge in [0.05, 0.1) is 18.9 Å². The van der Waals surface area contributed by atoms with E-state index in [1.807, 2.05) is 36.4 Å². The average Bonchev–Trinajstić information content (AvgIpc) is 2.75. The van der Waals surface area contributed by atoms with Gasteiger partial charge in [-0.1, -0.05) is 18.2 Å². The van der Waals surface area contributed by atoms with E-state index in [2.05, 4.69) is 26.7 Å². The highest BCUT2D eigenvalue weighted by atomic mass is 16.5. The summed E-state index contributed by atoms with van der Waals surface area (Å²) in [6.07, 6.45) is 2.67. The summed E-state index contributed by atoms with van der Waals surface area (Å²) >= 11 is 0. The first-order chi connectivity index (χ1) is 13.8. The molecule has 152 valence electrons. The minimum Gasteiger partial charge on any atom is -0.487 e. The Morgan fingerprint density at radius 1 is 1.07 bits per heavy atom. The van der Waals surface area contributed by atoms with Gasteiger partial charge in [-0.3, -0.25) is 9.98 Å². The average molecular weight is 386 g/mol. The van der Waals surface area contributed by atoms with Crippen molar-refractivity contribution in [3.63, 3.8) is 0 Å². The van der Waals surface area contributed by atoms with Gasteiger partial charge in [-0.2, -0.15) is 0 Å². The molecule has 0 radical (unpaired) electrons. The Balaban J connectivity index is 1.69. The van der Waals surface area contributed by atoms with Crippen LogP contribution in [0.2, 0.25) is 0 Å². The Hall–Kier alpha value is -2.64. The predicted molar refractivity (Wildman–Crippen MR) is 111 cm³/mol. The first-order valence-electron chi connectivity index (χ1n) is 9.44. The van der Waals surface area contributed by atoms with Gasteiger partial charge >= 0.3 is 0 Å². The number of aliphatic imine (C=N–C) groups is 1. The lowest BCUT2D eigenvalue weighted by Gasteiger charge is -2.13. The van der Waals surface area contributed by atoms with Crippen LogP contribution in [0.5, 0.6) is 5.75 Å². The second-order valence-electron chi connectivity index (χ2n) is 6.07. The molecular weight excluding hydrogens is 356 g/mol. The summed E-state index contributed by atoms with van der Waals surface area (Å²) < 4.78 is 16.2. The van der Waals surface area contributed by atoms with Crippen LogP contribution in [0.4, 0.5) is 0 Å². The highest BCUT2D eigenvalue weighted by Crippen LogP contribution is 2.14. The molecule has 1 aromatic carbocycles. The molecule has 0 aliphatic carbocycles. The lowest BCUT2D eigenvalue weighted by atomic mass is 10.2. The minimum atomic E-state index is 0.452. The molecule has 2 N–H and O–H groups in total. The Bertz CT molecular complexity index is 695. The van der Waals surface area contributed by atoms with Crippen LogP contribution in [0.3, 0.4) is 0 Å². The lowest BCUT2D eigenvalue weighted by Crippen LogP contribution is -2.37. The molecule has 0 spiro atoms. The molecule has 0 bridgehead atoms. The maximum Gasteiger partial charge on any atom is 0.191 e. The standard InChI is InChI=1S/C21H30N4O3/c1-22-21(24-11-6-12-27-14-13-26-2)25-16-18-7-5-9-20(15-18)28-17-19-8-3-4-10-23-19/h3-5,7-10,15H,6,11-14,16-17H2,1-2H3,(H2,22,24,25). The molecule has 1 aromatic heterocycles. The van der Waals surface area contributed by atoms with E-state index in [0.29, 0.717) is 33.0 Å². The fraction of sp³-hybridized carbons (Fsp3) is 0.429. The Kier molecular flexibility index (Phi) is 10.5. The molecule has 0 aliphatic rings. The van der Waals surface area contributed by atoms with E-state index >= 15 is 0 Å². The largest absolute Gasteiger partial charge is 0.487 e. The molecule has 0 amide bonds. The number of nitrogens with one attached hydrogen (secondary N) is 2. The molecule has 0 atom stereocenters. The van der Waals surface area contributed by atoms with E-state index < -0.39 is 0 Å². The summed E-state index contributed by atoms with van der Waals surface area (Å²) in [4.78, 5) is 8.51. The summed E-state index contributed by atoms with van der Waals surface area (Å²) in [5.74, 6) is 1.58. The number of guanidine groups is 1. The van der Waals surface area contributed by atoms with Crippen molar-refractivity contribution in [2.45, 2.75) is 19.6 Å². The SMILES string of the molecule is CN=C(NCCCOCCOC)NCc1cccc(OCc2ccccn2)c1. The fourth-order valence-corrected chi connectivity index (χ4v) is 2.42. The first kappa shape index (κ1) is 21.7. The van der Waals surface area contributed by atoms with E-state index in [1.165, 1.54) is 0 Å². The molecule has 7 nitrogen and oxygen atoms in total. The maximum atomic E-state index is 5.83. The van der Waals surface area contributed by atoms with E-state index in [0.717, 1.165) is 35.9 Å². The molecule has 2 aromatic rings. The normalized spacial score (nSPS) is 11.3.